The smallest absolute Gasteiger partial charge is 0.273 e. The Balaban J connectivity index is 2.79. The van der Waals surface area contributed by atoms with Gasteiger partial charge >= 0.3 is 0 Å². The van der Waals surface area contributed by atoms with Gasteiger partial charge in [0.15, 0.2) is 0 Å². The van der Waals surface area contributed by atoms with Crippen LogP contribution in [0.15, 0.2) is 12.3 Å². The van der Waals surface area contributed by atoms with Crippen molar-refractivity contribution >= 4 is 5.91 Å². The Morgan fingerprint density at radius 2 is 2.30 bits per heavy atom. The van der Waals surface area contributed by atoms with E-state index >= 15 is 0 Å². The number of amides is 1. The van der Waals surface area contributed by atoms with E-state index in [-0.39, 0.29) is 12.1 Å². The third-order valence-corrected chi connectivity index (χ3v) is 1.62. The van der Waals surface area contributed by atoms with Crippen LogP contribution in [0.2, 0.25) is 0 Å². The highest BCUT2D eigenvalue weighted by Crippen LogP contribution is 2.07. The molecule has 1 aliphatic heterocycles. The fraction of sp³-hybridized carbons (Fsp3) is 0.500. The standard InChI is InChI=1S/C6H10N2O2/c1-5-7(2)4-3-6(9)8(5)10/h3-5,10H,1-2H3. The molecule has 0 saturated carbocycles. The topological polar surface area (TPSA) is 43.8 Å². The maximum Gasteiger partial charge on any atom is 0.273 e. The van der Waals surface area contributed by atoms with Gasteiger partial charge in [0.1, 0.15) is 6.17 Å². The van der Waals surface area contributed by atoms with Gasteiger partial charge in [-0.25, -0.2) is 0 Å². The van der Waals surface area contributed by atoms with E-state index in [0.717, 1.165) is 0 Å². The van der Waals surface area contributed by atoms with Crippen molar-refractivity contribution in [1.82, 2.24) is 9.96 Å². The van der Waals surface area contributed by atoms with Crippen molar-refractivity contribution in [3.8, 4) is 0 Å². The van der Waals surface area contributed by atoms with Crippen LogP contribution in [0.3, 0.4) is 0 Å². The lowest BCUT2D eigenvalue weighted by Crippen LogP contribution is -2.46. The number of carbonyl (C=O) groups excluding carboxylic acids is 1. The lowest BCUT2D eigenvalue weighted by molar-refractivity contribution is -0.182. The molecule has 0 bridgehead atoms. The maximum atomic E-state index is 10.7. The van der Waals surface area contributed by atoms with Crippen LogP contribution in [-0.2, 0) is 4.79 Å². The molecule has 0 aromatic rings. The Kier molecular flexibility index (Phi) is 1.63. The number of carbonyl (C=O) groups is 1. The Hall–Kier alpha value is -1.03. The zero-order valence-corrected chi connectivity index (χ0v) is 5.98. The Bertz CT molecular complexity index is 179. The van der Waals surface area contributed by atoms with E-state index in [1.165, 1.54) is 6.08 Å². The molecule has 1 unspecified atom stereocenters. The van der Waals surface area contributed by atoms with E-state index in [4.69, 9.17) is 5.21 Å². The van der Waals surface area contributed by atoms with Crippen LogP contribution >= 0.6 is 0 Å². The Morgan fingerprint density at radius 3 is 2.80 bits per heavy atom. The summed E-state index contributed by atoms with van der Waals surface area (Å²) in [4.78, 5) is 12.4. The summed E-state index contributed by atoms with van der Waals surface area (Å²) >= 11 is 0. The van der Waals surface area contributed by atoms with Gasteiger partial charge in [-0.3, -0.25) is 10.0 Å². The predicted octanol–water partition coefficient (Wildman–Crippen LogP) is 0.00930. The van der Waals surface area contributed by atoms with Crippen molar-refractivity contribution in [3.05, 3.63) is 12.3 Å². The van der Waals surface area contributed by atoms with E-state index in [9.17, 15) is 4.79 Å². The second-order valence-corrected chi connectivity index (χ2v) is 2.30. The monoisotopic (exact) mass is 142 g/mol. The first-order valence-corrected chi connectivity index (χ1v) is 3.05. The van der Waals surface area contributed by atoms with Gasteiger partial charge in [-0.05, 0) is 6.92 Å². The number of hydrogen-bond acceptors (Lipinski definition) is 3. The largest absolute Gasteiger partial charge is 0.359 e. The molecule has 1 amide bonds. The lowest BCUT2D eigenvalue weighted by atomic mass is 10.3. The van der Waals surface area contributed by atoms with Gasteiger partial charge < -0.3 is 4.90 Å². The summed E-state index contributed by atoms with van der Waals surface area (Å²) in [6.07, 6.45) is 2.69. The minimum absolute atomic E-state index is 0.266. The summed E-state index contributed by atoms with van der Waals surface area (Å²) in [6.45, 7) is 1.74. The second-order valence-electron chi connectivity index (χ2n) is 2.30. The third kappa shape index (κ3) is 0.974. The summed E-state index contributed by atoms with van der Waals surface area (Å²) in [5, 5.41) is 9.70. The van der Waals surface area contributed by atoms with Gasteiger partial charge in [0.05, 0.1) is 0 Å². The molecule has 4 nitrogen and oxygen atoms in total. The lowest BCUT2D eigenvalue weighted by Gasteiger charge is -2.32. The fourth-order valence-electron chi connectivity index (χ4n) is 0.739. The highest BCUT2D eigenvalue weighted by Gasteiger charge is 2.21. The number of nitrogens with zero attached hydrogens (tertiary/aromatic N) is 2. The summed E-state index contributed by atoms with van der Waals surface area (Å²) in [5.74, 6) is -0.370. The molecule has 10 heavy (non-hydrogen) atoms. The van der Waals surface area contributed by atoms with Gasteiger partial charge in [-0.1, -0.05) is 0 Å². The Morgan fingerprint density at radius 1 is 1.70 bits per heavy atom. The molecular weight excluding hydrogens is 132 g/mol. The van der Waals surface area contributed by atoms with Gasteiger partial charge in [0.25, 0.3) is 5.91 Å². The number of hydrogen-bond donors (Lipinski definition) is 1. The molecule has 1 heterocycles. The predicted molar refractivity (Wildman–Crippen MR) is 35.0 cm³/mol. The van der Waals surface area contributed by atoms with E-state index in [1.54, 1.807) is 25.1 Å². The molecular formula is C6H10N2O2. The van der Waals surface area contributed by atoms with Crippen LogP contribution in [0.4, 0.5) is 0 Å². The van der Waals surface area contributed by atoms with E-state index in [2.05, 4.69) is 0 Å². The fourth-order valence-corrected chi connectivity index (χ4v) is 0.739. The third-order valence-electron chi connectivity index (χ3n) is 1.62. The van der Waals surface area contributed by atoms with Crippen molar-refractivity contribution in [1.29, 1.82) is 0 Å². The molecule has 0 aliphatic carbocycles. The molecule has 56 valence electrons. The molecule has 0 aromatic carbocycles. The van der Waals surface area contributed by atoms with Crippen LogP contribution in [0.25, 0.3) is 0 Å². The van der Waals surface area contributed by atoms with Crippen LogP contribution in [0.1, 0.15) is 6.92 Å². The second kappa shape index (κ2) is 2.30. The summed E-state index contributed by atoms with van der Waals surface area (Å²) in [7, 11) is 1.79. The summed E-state index contributed by atoms with van der Waals surface area (Å²) in [5.41, 5.74) is 0. The normalized spacial score (nSPS) is 25.9. The molecule has 1 N–H and O–H groups in total. The van der Waals surface area contributed by atoms with Crippen molar-refractivity contribution < 1.29 is 10.0 Å². The highest BCUT2D eigenvalue weighted by atomic mass is 16.5. The maximum absolute atomic E-state index is 10.7. The molecule has 4 heteroatoms. The van der Waals surface area contributed by atoms with E-state index < -0.39 is 0 Å². The molecule has 0 aromatic heterocycles. The van der Waals surface area contributed by atoms with E-state index in [1.807, 2.05) is 0 Å². The number of hydroxylamine groups is 2. The summed E-state index contributed by atoms with van der Waals surface area (Å²) in [6, 6.07) is 0. The van der Waals surface area contributed by atoms with Crippen molar-refractivity contribution in [2.75, 3.05) is 7.05 Å². The quantitative estimate of drug-likeness (QED) is 0.484. The molecule has 1 aliphatic rings. The van der Waals surface area contributed by atoms with Gasteiger partial charge in [-0.2, -0.15) is 5.06 Å². The van der Waals surface area contributed by atoms with Crippen LogP contribution in [-0.4, -0.2) is 34.3 Å². The zero-order chi connectivity index (χ0) is 7.72. The first kappa shape index (κ1) is 7.08. The van der Waals surface area contributed by atoms with Crippen LogP contribution in [0.5, 0.6) is 0 Å². The molecule has 0 fully saturated rings. The van der Waals surface area contributed by atoms with Gasteiger partial charge in [-0.15, -0.1) is 0 Å². The average molecular weight is 142 g/mol. The first-order chi connectivity index (χ1) is 4.63. The molecule has 1 atom stereocenters. The first-order valence-electron chi connectivity index (χ1n) is 3.05. The van der Waals surface area contributed by atoms with Crippen molar-refractivity contribution in [2.24, 2.45) is 0 Å². The van der Waals surface area contributed by atoms with Crippen molar-refractivity contribution in [3.63, 3.8) is 0 Å². The average Bonchev–Trinajstić information content (AvgIpc) is 1.93. The molecule has 1 rings (SSSR count). The van der Waals surface area contributed by atoms with E-state index in [0.29, 0.717) is 5.06 Å². The zero-order valence-electron chi connectivity index (χ0n) is 5.98. The summed E-state index contributed by atoms with van der Waals surface area (Å²) < 4.78 is 0. The SMILES string of the molecule is CC1N(C)C=CC(=O)N1O. The van der Waals surface area contributed by atoms with Crippen LogP contribution in [0, 0.1) is 0 Å². The number of rotatable bonds is 0. The molecule has 0 spiro atoms. The van der Waals surface area contributed by atoms with Gasteiger partial charge in [0.2, 0.25) is 0 Å². The minimum Gasteiger partial charge on any atom is -0.359 e. The molecule has 0 saturated heterocycles. The molecule has 0 radical (unpaired) electrons. The van der Waals surface area contributed by atoms with Gasteiger partial charge in [0, 0.05) is 19.3 Å². The Labute approximate surface area is 59.3 Å². The van der Waals surface area contributed by atoms with Crippen LogP contribution < -0.4 is 0 Å². The highest BCUT2D eigenvalue weighted by molar-refractivity contribution is 5.87. The van der Waals surface area contributed by atoms with Crippen molar-refractivity contribution in [2.45, 2.75) is 13.1 Å². The minimum atomic E-state index is -0.370.